The predicted molar refractivity (Wildman–Crippen MR) is 75.8 cm³/mol. The number of ether oxygens (including phenoxy) is 1. The molecule has 1 unspecified atom stereocenters. The summed E-state index contributed by atoms with van der Waals surface area (Å²) in [4.78, 5) is 2.62. The second-order valence-electron chi connectivity index (χ2n) is 5.85. The van der Waals surface area contributed by atoms with Crippen molar-refractivity contribution in [2.75, 3.05) is 32.0 Å². The molecule has 2 rings (SSSR count). The van der Waals surface area contributed by atoms with E-state index in [0.717, 1.165) is 31.9 Å². The summed E-state index contributed by atoms with van der Waals surface area (Å²) in [5, 5.41) is 0. The summed E-state index contributed by atoms with van der Waals surface area (Å²) in [5.74, 6) is 1.06. The maximum absolute atomic E-state index is 5.75. The van der Waals surface area contributed by atoms with Gasteiger partial charge in [-0.05, 0) is 30.4 Å². The van der Waals surface area contributed by atoms with Crippen LogP contribution in [0, 0.1) is 5.41 Å². The van der Waals surface area contributed by atoms with Crippen LogP contribution in [0.2, 0.25) is 0 Å². The first-order valence-electron chi connectivity index (χ1n) is 7.23. The molecule has 100 valence electrons. The van der Waals surface area contributed by atoms with Crippen molar-refractivity contribution in [2.24, 2.45) is 5.41 Å². The highest BCUT2D eigenvalue weighted by molar-refractivity contribution is 7.80. The lowest BCUT2D eigenvalue weighted by Gasteiger charge is -2.42. The van der Waals surface area contributed by atoms with Gasteiger partial charge >= 0.3 is 0 Å². The molecule has 0 N–H and O–H groups in total. The molecule has 0 bridgehead atoms. The molecule has 3 heteroatoms. The van der Waals surface area contributed by atoms with Gasteiger partial charge in [-0.15, -0.1) is 0 Å². The lowest BCUT2D eigenvalue weighted by molar-refractivity contribution is -0.0437. The van der Waals surface area contributed by atoms with Crippen molar-refractivity contribution in [1.82, 2.24) is 4.90 Å². The van der Waals surface area contributed by atoms with Gasteiger partial charge in [0.15, 0.2) is 0 Å². The smallest absolute Gasteiger partial charge is 0.0700 e. The van der Waals surface area contributed by atoms with Crippen LogP contribution in [-0.4, -0.2) is 43.0 Å². The Hall–Kier alpha value is 0.270. The molecular formula is C14H27NOS. The second kappa shape index (κ2) is 6.44. The zero-order valence-electron chi connectivity index (χ0n) is 11.2. The molecule has 1 saturated heterocycles. The normalized spacial score (nSPS) is 30.4. The molecule has 2 nitrogen and oxygen atoms in total. The molecule has 1 aliphatic carbocycles. The van der Waals surface area contributed by atoms with Crippen LogP contribution in [0.3, 0.4) is 0 Å². The van der Waals surface area contributed by atoms with Gasteiger partial charge in [-0.1, -0.05) is 26.2 Å². The van der Waals surface area contributed by atoms with Gasteiger partial charge in [0.2, 0.25) is 0 Å². The van der Waals surface area contributed by atoms with E-state index in [-0.39, 0.29) is 0 Å². The van der Waals surface area contributed by atoms with E-state index in [1.807, 2.05) is 0 Å². The Balaban J connectivity index is 1.88. The first-order chi connectivity index (χ1) is 8.28. The van der Waals surface area contributed by atoms with Crippen LogP contribution in [0.1, 0.15) is 45.4 Å². The number of morpholine rings is 1. The molecular weight excluding hydrogens is 230 g/mol. The fourth-order valence-corrected chi connectivity index (χ4v) is 3.73. The Bertz CT molecular complexity index is 228. The van der Waals surface area contributed by atoms with Gasteiger partial charge in [0.05, 0.1) is 12.7 Å². The Labute approximate surface area is 112 Å². The topological polar surface area (TPSA) is 12.5 Å². The van der Waals surface area contributed by atoms with Crippen LogP contribution in [-0.2, 0) is 4.74 Å². The second-order valence-corrected chi connectivity index (χ2v) is 6.17. The minimum Gasteiger partial charge on any atom is -0.376 e. The average Bonchev–Trinajstić information content (AvgIpc) is 2.40. The van der Waals surface area contributed by atoms with Gasteiger partial charge in [0.1, 0.15) is 0 Å². The lowest BCUT2D eigenvalue weighted by Crippen LogP contribution is -2.48. The Kier molecular flexibility index (Phi) is 5.19. The molecule has 17 heavy (non-hydrogen) atoms. The quantitative estimate of drug-likeness (QED) is 0.777. The molecule has 0 radical (unpaired) electrons. The Morgan fingerprint density at radius 2 is 2.06 bits per heavy atom. The van der Waals surface area contributed by atoms with Gasteiger partial charge in [-0.3, -0.25) is 4.90 Å². The number of rotatable bonds is 4. The van der Waals surface area contributed by atoms with Gasteiger partial charge in [-0.2, -0.15) is 12.6 Å². The molecule has 1 aliphatic heterocycles. The maximum atomic E-state index is 5.75. The number of thiol groups is 1. The first kappa shape index (κ1) is 13.7. The molecule has 0 amide bonds. The summed E-state index contributed by atoms with van der Waals surface area (Å²) in [6.07, 6.45) is 8.60. The zero-order chi connectivity index (χ0) is 12.1. The van der Waals surface area contributed by atoms with Crippen LogP contribution in [0.4, 0.5) is 0 Å². The molecule has 0 aromatic heterocycles. The van der Waals surface area contributed by atoms with E-state index in [9.17, 15) is 0 Å². The fraction of sp³-hybridized carbons (Fsp3) is 1.00. The van der Waals surface area contributed by atoms with Gasteiger partial charge in [-0.25, -0.2) is 0 Å². The van der Waals surface area contributed by atoms with Crippen LogP contribution in [0.5, 0.6) is 0 Å². The van der Waals surface area contributed by atoms with Crippen LogP contribution in [0.25, 0.3) is 0 Å². The van der Waals surface area contributed by atoms with Crippen molar-refractivity contribution in [3.63, 3.8) is 0 Å². The van der Waals surface area contributed by atoms with Crippen molar-refractivity contribution >= 4 is 12.6 Å². The third kappa shape index (κ3) is 3.62. The SMILES string of the molecule is CCC1CN(CC2(CS)CCCCC2)CCO1. The summed E-state index contributed by atoms with van der Waals surface area (Å²) in [6.45, 7) is 6.64. The van der Waals surface area contributed by atoms with E-state index in [4.69, 9.17) is 4.74 Å². The standard InChI is InChI=1S/C14H27NOS/c1-2-13-10-15(8-9-16-13)11-14(12-17)6-4-3-5-7-14/h13,17H,2-12H2,1H3. The van der Waals surface area contributed by atoms with Gasteiger partial charge < -0.3 is 4.74 Å². The van der Waals surface area contributed by atoms with Crippen molar-refractivity contribution in [2.45, 2.75) is 51.6 Å². The Morgan fingerprint density at radius 1 is 1.29 bits per heavy atom. The maximum Gasteiger partial charge on any atom is 0.0700 e. The minimum absolute atomic E-state index is 0.462. The molecule has 1 heterocycles. The number of hydrogen-bond donors (Lipinski definition) is 1. The molecule has 1 atom stereocenters. The van der Waals surface area contributed by atoms with Crippen molar-refractivity contribution < 1.29 is 4.74 Å². The highest BCUT2D eigenvalue weighted by Gasteiger charge is 2.34. The van der Waals surface area contributed by atoms with Crippen LogP contribution < -0.4 is 0 Å². The summed E-state index contributed by atoms with van der Waals surface area (Å²) in [6, 6.07) is 0. The third-order valence-electron chi connectivity index (χ3n) is 4.49. The average molecular weight is 257 g/mol. The highest BCUT2D eigenvalue weighted by Crippen LogP contribution is 2.38. The summed E-state index contributed by atoms with van der Waals surface area (Å²) < 4.78 is 5.75. The highest BCUT2D eigenvalue weighted by atomic mass is 32.1. The van der Waals surface area contributed by atoms with Crippen molar-refractivity contribution in [3.05, 3.63) is 0 Å². The van der Waals surface area contributed by atoms with E-state index in [2.05, 4.69) is 24.5 Å². The molecule has 2 aliphatic rings. The van der Waals surface area contributed by atoms with Crippen LogP contribution >= 0.6 is 12.6 Å². The minimum atomic E-state index is 0.462. The van der Waals surface area contributed by atoms with E-state index < -0.39 is 0 Å². The molecule has 2 fully saturated rings. The van der Waals surface area contributed by atoms with Crippen molar-refractivity contribution in [3.8, 4) is 0 Å². The molecule has 0 spiro atoms. The largest absolute Gasteiger partial charge is 0.376 e. The summed E-state index contributed by atoms with van der Waals surface area (Å²) in [7, 11) is 0. The monoisotopic (exact) mass is 257 g/mol. The fourth-order valence-electron chi connectivity index (χ4n) is 3.31. The van der Waals surface area contributed by atoms with Crippen molar-refractivity contribution in [1.29, 1.82) is 0 Å². The van der Waals surface area contributed by atoms with Gasteiger partial charge in [0, 0.05) is 19.6 Å². The molecule has 1 saturated carbocycles. The molecule has 0 aromatic carbocycles. The van der Waals surface area contributed by atoms with E-state index in [1.54, 1.807) is 0 Å². The summed E-state index contributed by atoms with van der Waals surface area (Å²) in [5.41, 5.74) is 0.497. The lowest BCUT2D eigenvalue weighted by atomic mass is 9.75. The first-order valence-corrected chi connectivity index (χ1v) is 7.86. The van der Waals surface area contributed by atoms with E-state index >= 15 is 0 Å². The molecule has 0 aromatic rings. The van der Waals surface area contributed by atoms with Gasteiger partial charge in [0.25, 0.3) is 0 Å². The third-order valence-corrected chi connectivity index (χ3v) is 5.16. The Morgan fingerprint density at radius 3 is 2.71 bits per heavy atom. The summed E-state index contributed by atoms with van der Waals surface area (Å²) >= 11 is 4.64. The number of nitrogens with zero attached hydrogens (tertiary/aromatic N) is 1. The van der Waals surface area contributed by atoms with E-state index in [1.165, 1.54) is 38.6 Å². The number of hydrogen-bond acceptors (Lipinski definition) is 3. The zero-order valence-corrected chi connectivity index (χ0v) is 12.1. The van der Waals surface area contributed by atoms with Crippen LogP contribution in [0.15, 0.2) is 0 Å². The predicted octanol–water partition coefficient (Wildman–Crippen LogP) is 2.98. The van der Waals surface area contributed by atoms with E-state index in [0.29, 0.717) is 11.5 Å².